The Labute approximate surface area is 256 Å². The van der Waals surface area contributed by atoms with Crippen LogP contribution in [0.4, 0.5) is 15.9 Å². The van der Waals surface area contributed by atoms with Crippen molar-refractivity contribution in [2.45, 2.75) is 26.3 Å². The van der Waals surface area contributed by atoms with Gasteiger partial charge in [-0.3, -0.25) is 9.78 Å². The Balaban J connectivity index is 1.34. The average molecular weight is 610 g/mol. The summed E-state index contributed by atoms with van der Waals surface area (Å²) in [4.78, 5) is 43.0. The lowest BCUT2D eigenvalue weighted by atomic mass is 9.94. The van der Waals surface area contributed by atoms with E-state index in [1.54, 1.807) is 25.3 Å². The van der Waals surface area contributed by atoms with Gasteiger partial charge in [-0.25, -0.2) is 24.2 Å². The Morgan fingerprint density at radius 2 is 1.84 bits per heavy atom. The van der Waals surface area contributed by atoms with Crippen molar-refractivity contribution in [3.8, 4) is 11.1 Å². The van der Waals surface area contributed by atoms with E-state index < -0.39 is 17.9 Å². The van der Waals surface area contributed by atoms with Gasteiger partial charge < -0.3 is 21.1 Å². The van der Waals surface area contributed by atoms with Crippen molar-refractivity contribution < 1.29 is 19.1 Å². The van der Waals surface area contributed by atoms with Gasteiger partial charge in [-0.05, 0) is 67.4 Å². The van der Waals surface area contributed by atoms with E-state index in [-0.39, 0.29) is 22.8 Å². The van der Waals surface area contributed by atoms with Crippen LogP contribution >= 0.6 is 11.6 Å². The molecule has 2 aromatic heterocycles. The highest BCUT2D eigenvalue weighted by Gasteiger charge is 2.32. The SMILES string of the molecule is CC1=C(C(=O)Nc2cc(C(=O)O)ccn2)C(c2ccc(-c3ccc(C)nc3)cc2Cl)N=C(NC2=Nc3ccc(F)cc3C2)N1. The monoisotopic (exact) mass is 609 g/mol. The van der Waals surface area contributed by atoms with E-state index in [0.29, 0.717) is 40.2 Å². The number of nitrogens with one attached hydrogen (secondary N) is 3. The fraction of sp³-hybridized carbons (Fsp3) is 0.125. The number of pyridine rings is 2. The first-order valence-electron chi connectivity index (χ1n) is 13.6. The number of nitrogens with zero attached hydrogens (tertiary/aromatic N) is 4. The topological polar surface area (TPSA) is 141 Å². The van der Waals surface area contributed by atoms with Crippen LogP contribution in [0.2, 0.25) is 5.02 Å². The molecule has 0 radical (unpaired) electrons. The number of carboxylic acids is 1. The molecule has 10 nitrogen and oxygen atoms in total. The van der Waals surface area contributed by atoms with Crippen LogP contribution < -0.4 is 16.0 Å². The predicted octanol–water partition coefficient (Wildman–Crippen LogP) is 5.73. The van der Waals surface area contributed by atoms with Gasteiger partial charge in [0, 0.05) is 46.4 Å². The van der Waals surface area contributed by atoms with Crippen LogP contribution in [0.25, 0.3) is 11.1 Å². The number of halogens is 2. The number of amidine groups is 1. The number of hydrogen-bond acceptors (Lipinski definition) is 8. The van der Waals surface area contributed by atoms with E-state index in [4.69, 9.17) is 16.6 Å². The first-order valence-corrected chi connectivity index (χ1v) is 13.9. The molecule has 0 spiro atoms. The van der Waals surface area contributed by atoms with Crippen molar-refractivity contribution in [1.82, 2.24) is 20.6 Å². The van der Waals surface area contributed by atoms with Crippen LogP contribution in [-0.4, -0.2) is 38.7 Å². The first kappa shape index (κ1) is 28.7. The second-order valence-electron chi connectivity index (χ2n) is 10.3. The van der Waals surface area contributed by atoms with Gasteiger partial charge in [0.2, 0.25) is 5.96 Å². The number of aromatic nitrogens is 2. The maximum atomic E-state index is 13.8. The number of aliphatic imine (C=N–C) groups is 2. The number of rotatable bonds is 5. The Kier molecular flexibility index (Phi) is 7.62. The summed E-state index contributed by atoms with van der Waals surface area (Å²) in [6.45, 7) is 3.63. The van der Waals surface area contributed by atoms with Crippen LogP contribution in [0.1, 0.15) is 40.1 Å². The second-order valence-corrected chi connectivity index (χ2v) is 10.7. The van der Waals surface area contributed by atoms with Crippen molar-refractivity contribution in [3.63, 3.8) is 0 Å². The summed E-state index contributed by atoms with van der Waals surface area (Å²) in [5, 5.41) is 18.7. The first-order chi connectivity index (χ1) is 21.1. The lowest BCUT2D eigenvalue weighted by Crippen LogP contribution is -2.44. The standard InChI is InChI=1S/C32H25ClFN7O3/c1-16-3-4-20(15-36-16)18-5-7-23(24(33)12-18)29-28(30(42)39-26-13-19(31(43)44)9-10-35-26)17(2)37-32(41-29)40-27-14-21-11-22(34)6-8-25(21)38-27/h3-13,15,29H,14H2,1-2H3,(H,43,44)(H,35,39,42)(H2,37,38,40,41). The molecule has 0 aliphatic carbocycles. The van der Waals surface area contributed by atoms with Crippen LogP contribution in [0.5, 0.6) is 0 Å². The van der Waals surface area contributed by atoms with Gasteiger partial charge in [-0.1, -0.05) is 29.8 Å². The molecule has 1 atom stereocenters. The number of carbonyl (C=O) groups excluding carboxylic acids is 1. The Morgan fingerprint density at radius 1 is 1.02 bits per heavy atom. The minimum atomic E-state index is -1.15. The number of aromatic carboxylic acids is 1. The van der Waals surface area contributed by atoms with Crippen LogP contribution in [0.15, 0.2) is 94.3 Å². The van der Waals surface area contributed by atoms with E-state index in [9.17, 15) is 19.1 Å². The molecular formula is C32H25ClFN7O3. The summed E-state index contributed by atoms with van der Waals surface area (Å²) < 4.78 is 13.8. The lowest BCUT2D eigenvalue weighted by Gasteiger charge is -2.27. The number of amides is 1. The highest BCUT2D eigenvalue weighted by Crippen LogP contribution is 2.37. The number of guanidine groups is 1. The zero-order valence-corrected chi connectivity index (χ0v) is 24.3. The number of aryl methyl sites for hydroxylation is 1. The zero-order chi connectivity index (χ0) is 31.0. The maximum absolute atomic E-state index is 13.8. The Morgan fingerprint density at radius 3 is 2.59 bits per heavy atom. The summed E-state index contributed by atoms with van der Waals surface area (Å²) in [5.41, 5.74) is 5.28. The van der Waals surface area contributed by atoms with Crippen LogP contribution in [0, 0.1) is 12.7 Å². The molecule has 44 heavy (non-hydrogen) atoms. The fourth-order valence-electron chi connectivity index (χ4n) is 5.02. The summed E-state index contributed by atoms with van der Waals surface area (Å²) in [6, 6.07) is 15.5. The number of carboxylic acid groups (broad SMARTS) is 1. The van der Waals surface area contributed by atoms with Crippen molar-refractivity contribution >= 4 is 46.8 Å². The number of fused-ring (bicyclic) bond motifs is 1. The third-order valence-electron chi connectivity index (χ3n) is 7.19. The van der Waals surface area contributed by atoms with Crippen molar-refractivity contribution in [1.29, 1.82) is 0 Å². The van der Waals surface area contributed by atoms with E-state index in [1.165, 1.54) is 30.5 Å². The molecule has 12 heteroatoms. The normalized spacial score (nSPS) is 15.6. The van der Waals surface area contributed by atoms with Crippen LogP contribution in [-0.2, 0) is 11.2 Å². The van der Waals surface area contributed by atoms with Crippen molar-refractivity contribution in [2.24, 2.45) is 9.98 Å². The largest absolute Gasteiger partial charge is 0.478 e. The van der Waals surface area contributed by atoms with Gasteiger partial charge in [0.25, 0.3) is 5.91 Å². The minimum absolute atomic E-state index is 0.0220. The number of allylic oxidation sites excluding steroid dienone is 1. The average Bonchev–Trinajstić information content (AvgIpc) is 3.38. The highest BCUT2D eigenvalue weighted by molar-refractivity contribution is 6.32. The molecule has 220 valence electrons. The quantitative estimate of drug-likeness (QED) is 0.226. The molecule has 0 bridgehead atoms. The molecule has 0 saturated heterocycles. The molecule has 4 N–H and O–H groups in total. The summed E-state index contributed by atoms with van der Waals surface area (Å²) in [5.74, 6) is -1.08. The molecule has 0 fully saturated rings. The van der Waals surface area contributed by atoms with Gasteiger partial charge in [-0.15, -0.1) is 0 Å². The molecule has 4 aromatic rings. The molecule has 2 aliphatic rings. The molecular weight excluding hydrogens is 585 g/mol. The molecule has 1 unspecified atom stereocenters. The molecule has 1 amide bonds. The molecule has 2 aliphatic heterocycles. The third kappa shape index (κ3) is 5.90. The number of benzene rings is 2. The van der Waals surface area contributed by atoms with E-state index in [0.717, 1.165) is 22.4 Å². The maximum Gasteiger partial charge on any atom is 0.335 e. The van der Waals surface area contributed by atoms with Crippen molar-refractivity contribution in [3.05, 3.63) is 118 Å². The molecule has 4 heterocycles. The fourth-order valence-corrected chi connectivity index (χ4v) is 5.30. The number of hydrogen-bond donors (Lipinski definition) is 4. The highest BCUT2D eigenvalue weighted by atomic mass is 35.5. The summed E-state index contributed by atoms with van der Waals surface area (Å²) in [7, 11) is 0. The van der Waals surface area contributed by atoms with E-state index >= 15 is 0 Å². The predicted molar refractivity (Wildman–Crippen MR) is 166 cm³/mol. The van der Waals surface area contributed by atoms with Crippen molar-refractivity contribution in [2.75, 3.05) is 5.32 Å². The van der Waals surface area contributed by atoms with Gasteiger partial charge in [-0.2, -0.15) is 0 Å². The summed E-state index contributed by atoms with van der Waals surface area (Å²) in [6.07, 6.45) is 3.44. The van der Waals surface area contributed by atoms with Gasteiger partial charge in [0.1, 0.15) is 23.5 Å². The Hall–Kier alpha value is -5.42. The van der Waals surface area contributed by atoms with Crippen LogP contribution in [0.3, 0.4) is 0 Å². The Bertz CT molecular complexity index is 1920. The smallest absolute Gasteiger partial charge is 0.335 e. The van der Waals surface area contributed by atoms with E-state index in [1.807, 2.05) is 31.2 Å². The summed E-state index contributed by atoms with van der Waals surface area (Å²) >= 11 is 6.85. The third-order valence-corrected chi connectivity index (χ3v) is 7.52. The van der Waals surface area contributed by atoms with Gasteiger partial charge in [0.15, 0.2) is 0 Å². The number of anilines is 1. The number of carbonyl (C=O) groups is 2. The molecule has 0 saturated carbocycles. The second kappa shape index (κ2) is 11.7. The van der Waals surface area contributed by atoms with E-state index in [2.05, 4.69) is 30.9 Å². The minimum Gasteiger partial charge on any atom is -0.478 e. The zero-order valence-electron chi connectivity index (χ0n) is 23.5. The molecule has 2 aromatic carbocycles. The van der Waals surface area contributed by atoms with Gasteiger partial charge >= 0.3 is 5.97 Å². The molecule has 6 rings (SSSR count). The van der Waals surface area contributed by atoms with Gasteiger partial charge in [0.05, 0.1) is 16.8 Å². The lowest BCUT2D eigenvalue weighted by molar-refractivity contribution is -0.113.